The molecule has 0 aromatic carbocycles. The topological polar surface area (TPSA) is 49.3 Å². The van der Waals surface area contributed by atoms with E-state index in [0.29, 0.717) is 0 Å². The molecule has 17 heavy (non-hydrogen) atoms. The Morgan fingerprint density at radius 3 is 2.41 bits per heavy atom. The van der Waals surface area contributed by atoms with Crippen molar-refractivity contribution in [2.45, 2.75) is 57.8 Å². The maximum absolute atomic E-state index is 11.9. The Kier molecular flexibility index (Phi) is 4.43. The lowest BCUT2D eigenvalue weighted by Crippen LogP contribution is -2.48. The molecule has 0 unspecified atom stereocenters. The number of nitrogens with one attached hydrogen (secondary N) is 1. The van der Waals surface area contributed by atoms with Gasteiger partial charge in [0.2, 0.25) is 5.91 Å². The average molecular weight is 239 g/mol. The largest absolute Gasteiger partial charge is 0.395 e. The monoisotopic (exact) mass is 239 g/mol. The van der Waals surface area contributed by atoms with Crippen molar-refractivity contribution in [1.29, 1.82) is 0 Å². The summed E-state index contributed by atoms with van der Waals surface area (Å²) < 4.78 is 0. The van der Waals surface area contributed by atoms with Crippen LogP contribution in [0.2, 0.25) is 0 Å². The highest BCUT2D eigenvalue weighted by atomic mass is 16.3. The van der Waals surface area contributed by atoms with Gasteiger partial charge in [0, 0.05) is 6.54 Å². The molecule has 0 bridgehead atoms. The van der Waals surface area contributed by atoms with E-state index in [-0.39, 0.29) is 12.5 Å². The third-order valence-electron chi connectivity index (χ3n) is 4.66. The van der Waals surface area contributed by atoms with Gasteiger partial charge in [-0.2, -0.15) is 0 Å². The molecular weight excluding hydrogens is 214 g/mol. The van der Waals surface area contributed by atoms with Gasteiger partial charge in [-0.3, -0.25) is 4.79 Å². The summed E-state index contributed by atoms with van der Waals surface area (Å²) in [5.41, 5.74) is -0.424. The first kappa shape index (κ1) is 12.9. The minimum absolute atomic E-state index is 0.0161. The molecule has 0 aliphatic heterocycles. The van der Waals surface area contributed by atoms with Gasteiger partial charge in [-0.15, -0.1) is 0 Å². The lowest BCUT2D eigenvalue weighted by atomic mass is 9.68. The molecule has 0 heterocycles. The van der Waals surface area contributed by atoms with Gasteiger partial charge >= 0.3 is 0 Å². The van der Waals surface area contributed by atoms with Gasteiger partial charge in [-0.1, -0.05) is 38.5 Å². The SMILES string of the molecule is O=C(NCCC1CCCCC1)C1(CO)CCC1. The van der Waals surface area contributed by atoms with Crippen molar-refractivity contribution in [3.8, 4) is 0 Å². The molecule has 2 N–H and O–H groups in total. The van der Waals surface area contributed by atoms with Gasteiger partial charge in [0.05, 0.1) is 12.0 Å². The first-order chi connectivity index (χ1) is 8.27. The van der Waals surface area contributed by atoms with Gasteiger partial charge in [-0.25, -0.2) is 0 Å². The van der Waals surface area contributed by atoms with E-state index in [1.54, 1.807) is 0 Å². The van der Waals surface area contributed by atoms with Crippen LogP contribution in [0.15, 0.2) is 0 Å². The van der Waals surface area contributed by atoms with Crippen LogP contribution in [0.3, 0.4) is 0 Å². The summed E-state index contributed by atoms with van der Waals surface area (Å²) in [5.74, 6) is 0.901. The predicted octanol–water partition coefficient (Wildman–Crippen LogP) is 2.24. The number of hydrogen-bond acceptors (Lipinski definition) is 2. The molecule has 3 nitrogen and oxygen atoms in total. The minimum atomic E-state index is -0.424. The number of hydrogen-bond donors (Lipinski definition) is 2. The number of aliphatic hydroxyl groups excluding tert-OH is 1. The van der Waals surface area contributed by atoms with Crippen molar-refractivity contribution < 1.29 is 9.90 Å². The van der Waals surface area contributed by atoms with Crippen molar-refractivity contribution in [3.05, 3.63) is 0 Å². The van der Waals surface area contributed by atoms with E-state index in [4.69, 9.17) is 0 Å². The minimum Gasteiger partial charge on any atom is -0.395 e. The van der Waals surface area contributed by atoms with Crippen LogP contribution >= 0.6 is 0 Å². The fourth-order valence-electron chi connectivity index (χ4n) is 3.11. The summed E-state index contributed by atoms with van der Waals surface area (Å²) in [5, 5.41) is 12.3. The zero-order valence-electron chi connectivity index (χ0n) is 10.7. The van der Waals surface area contributed by atoms with Crippen LogP contribution in [0, 0.1) is 11.3 Å². The standard InChI is InChI=1S/C14H25NO2/c16-11-14(8-4-9-14)13(17)15-10-7-12-5-2-1-3-6-12/h12,16H,1-11H2,(H,15,17). The number of amides is 1. The van der Waals surface area contributed by atoms with E-state index in [0.717, 1.165) is 38.1 Å². The fourth-order valence-corrected chi connectivity index (χ4v) is 3.11. The first-order valence-corrected chi connectivity index (χ1v) is 7.16. The van der Waals surface area contributed by atoms with E-state index in [1.807, 2.05) is 0 Å². The van der Waals surface area contributed by atoms with E-state index in [1.165, 1.54) is 32.1 Å². The lowest BCUT2D eigenvalue weighted by Gasteiger charge is -2.38. The molecule has 0 atom stereocenters. The third kappa shape index (κ3) is 3.01. The molecule has 0 saturated heterocycles. The molecule has 0 aromatic rings. The molecule has 2 saturated carbocycles. The van der Waals surface area contributed by atoms with E-state index >= 15 is 0 Å². The molecule has 0 aromatic heterocycles. The summed E-state index contributed by atoms with van der Waals surface area (Å²) in [6, 6.07) is 0. The van der Waals surface area contributed by atoms with Crippen molar-refractivity contribution in [2.75, 3.05) is 13.2 Å². The van der Waals surface area contributed by atoms with Crippen molar-refractivity contribution in [1.82, 2.24) is 5.32 Å². The van der Waals surface area contributed by atoms with Gasteiger partial charge in [0.15, 0.2) is 0 Å². The molecule has 2 fully saturated rings. The van der Waals surface area contributed by atoms with Crippen LogP contribution in [0.5, 0.6) is 0 Å². The maximum atomic E-state index is 11.9. The van der Waals surface area contributed by atoms with Gasteiger partial charge < -0.3 is 10.4 Å². The van der Waals surface area contributed by atoms with Crippen LogP contribution in [0.1, 0.15) is 57.8 Å². The quantitative estimate of drug-likeness (QED) is 0.773. The molecular formula is C14H25NO2. The first-order valence-electron chi connectivity index (χ1n) is 7.16. The Labute approximate surface area is 104 Å². The van der Waals surface area contributed by atoms with Crippen LogP contribution < -0.4 is 5.32 Å². The van der Waals surface area contributed by atoms with Gasteiger partial charge in [0.25, 0.3) is 0 Å². The van der Waals surface area contributed by atoms with Crippen molar-refractivity contribution in [2.24, 2.45) is 11.3 Å². The summed E-state index contributed by atoms with van der Waals surface area (Å²) in [6.45, 7) is 0.813. The molecule has 2 aliphatic carbocycles. The zero-order valence-corrected chi connectivity index (χ0v) is 10.7. The van der Waals surface area contributed by atoms with Crippen LogP contribution in [-0.4, -0.2) is 24.2 Å². The van der Waals surface area contributed by atoms with Gasteiger partial charge in [0.1, 0.15) is 0 Å². The molecule has 0 spiro atoms. The third-order valence-corrected chi connectivity index (χ3v) is 4.66. The Bertz CT molecular complexity index is 249. The Balaban J connectivity index is 1.65. The molecule has 2 rings (SSSR count). The lowest BCUT2D eigenvalue weighted by molar-refractivity contribution is -0.139. The van der Waals surface area contributed by atoms with Gasteiger partial charge in [-0.05, 0) is 25.2 Å². The normalized spacial score (nSPS) is 24.1. The molecule has 0 radical (unpaired) electrons. The van der Waals surface area contributed by atoms with E-state index in [9.17, 15) is 9.90 Å². The highest BCUT2D eigenvalue weighted by molar-refractivity contribution is 5.83. The van der Waals surface area contributed by atoms with Crippen molar-refractivity contribution in [3.63, 3.8) is 0 Å². The number of rotatable bonds is 5. The number of aliphatic hydroxyl groups is 1. The highest BCUT2D eigenvalue weighted by Gasteiger charge is 2.43. The second kappa shape index (κ2) is 5.85. The summed E-state index contributed by atoms with van der Waals surface area (Å²) in [7, 11) is 0. The van der Waals surface area contributed by atoms with Crippen molar-refractivity contribution >= 4 is 5.91 Å². The highest BCUT2D eigenvalue weighted by Crippen LogP contribution is 2.40. The summed E-state index contributed by atoms with van der Waals surface area (Å²) >= 11 is 0. The Hall–Kier alpha value is -0.570. The smallest absolute Gasteiger partial charge is 0.228 e. The average Bonchev–Trinajstić information content (AvgIpc) is 2.30. The zero-order chi connectivity index (χ0) is 12.1. The summed E-state index contributed by atoms with van der Waals surface area (Å²) in [6.07, 6.45) is 10.7. The predicted molar refractivity (Wildman–Crippen MR) is 67.6 cm³/mol. The number of carbonyl (C=O) groups is 1. The molecule has 98 valence electrons. The molecule has 1 amide bonds. The van der Waals surface area contributed by atoms with Crippen LogP contribution in [0.25, 0.3) is 0 Å². The van der Waals surface area contributed by atoms with Crippen LogP contribution in [0.4, 0.5) is 0 Å². The molecule has 2 aliphatic rings. The van der Waals surface area contributed by atoms with Crippen LogP contribution in [-0.2, 0) is 4.79 Å². The second-order valence-corrected chi connectivity index (χ2v) is 5.84. The maximum Gasteiger partial charge on any atom is 0.228 e. The Morgan fingerprint density at radius 1 is 1.18 bits per heavy atom. The van der Waals surface area contributed by atoms with E-state index < -0.39 is 5.41 Å². The number of carbonyl (C=O) groups excluding carboxylic acids is 1. The second-order valence-electron chi connectivity index (χ2n) is 5.84. The fraction of sp³-hybridized carbons (Fsp3) is 0.929. The molecule has 3 heteroatoms. The van der Waals surface area contributed by atoms with E-state index in [2.05, 4.69) is 5.32 Å². The Morgan fingerprint density at radius 2 is 1.88 bits per heavy atom. The summed E-state index contributed by atoms with van der Waals surface area (Å²) in [4.78, 5) is 11.9.